The topological polar surface area (TPSA) is 38.9 Å². The molecule has 1 aromatic carbocycles. The van der Waals surface area contributed by atoms with Gasteiger partial charge in [0.05, 0.1) is 5.69 Å². The average molecular weight is 281 g/mol. The number of nitrogens with zero attached hydrogens (tertiary/aromatic N) is 1. The van der Waals surface area contributed by atoms with Crippen LogP contribution >= 0.6 is 22.9 Å². The smallest absolute Gasteiger partial charge is 0.180 e. The van der Waals surface area contributed by atoms with Gasteiger partial charge in [0.1, 0.15) is 0 Å². The molecule has 2 aromatic rings. The normalized spacial score (nSPS) is 10.8. The highest BCUT2D eigenvalue weighted by Gasteiger charge is 2.12. The van der Waals surface area contributed by atoms with Crippen LogP contribution in [0.1, 0.15) is 35.0 Å². The predicted molar refractivity (Wildman–Crippen MR) is 79.5 cm³/mol. The fourth-order valence-electron chi connectivity index (χ4n) is 2.02. The van der Waals surface area contributed by atoms with Crippen molar-refractivity contribution in [2.75, 3.05) is 5.73 Å². The maximum atomic E-state index is 6.27. The minimum absolute atomic E-state index is 0.651. The monoisotopic (exact) mass is 280 g/mol. The minimum atomic E-state index is 0.651. The Morgan fingerprint density at radius 3 is 2.83 bits per heavy atom. The van der Waals surface area contributed by atoms with Crippen LogP contribution in [0.15, 0.2) is 18.2 Å². The molecule has 0 saturated heterocycles. The first kappa shape index (κ1) is 13.4. The van der Waals surface area contributed by atoms with E-state index in [0.29, 0.717) is 5.13 Å². The second-order valence-corrected chi connectivity index (χ2v) is 5.91. The van der Waals surface area contributed by atoms with Crippen LogP contribution in [-0.2, 0) is 12.8 Å². The van der Waals surface area contributed by atoms with Crippen molar-refractivity contribution in [2.24, 2.45) is 0 Å². The Morgan fingerprint density at radius 1 is 1.39 bits per heavy atom. The van der Waals surface area contributed by atoms with Crippen molar-refractivity contribution in [3.63, 3.8) is 0 Å². The van der Waals surface area contributed by atoms with E-state index >= 15 is 0 Å². The van der Waals surface area contributed by atoms with E-state index in [1.807, 2.05) is 12.1 Å². The first-order valence-electron chi connectivity index (χ1n) is 6.09. The molecule has 2 nitrogen and oxygen atoms in total. The highest BCUT2D eigenvalue weighted by Crippen LogP contribution is 2.29. The van der Waals surface area contributed by atoms with Gasteiger partial charge in [-0.25, -0.2) is 4.98 Å². The molecule has 18 heavy (non-hydrogen) atoms. The van der Waals surface area contributed by atoms with Crippen LogP contribution in [0.5, 0.6) is 0 Å². The van der Waals surface area contributed by atoms with Crippen LogP contribution in [0, 0.1) is 6.92 Å². The zero-order valence-corrected chi connectivity index (χ0v) is 12.2. The molecule has 0 unspecified atom stereocenters. The number of aryl methyl sites for hydroxylation is 2. The Hall–Kier alpha value is -1.06. The van der Waals surface area contributed by atoms with Gasteiger partial charge >= 0.3 is 0 Å². The second kappa shape index (κ2) is 5.72. The van der Waals surface area contributed by atoms with Gasteiger partial charge in [0.2, 0.25) is 0 Å². The van der Waals surface area contributed by atoms with Crippen LogP contribution in [0.25, 0.3) is 0 Å². The van der Waals surface area contributed by atoms with Gasteiger partial charge in [0.25, 0.3) is 0 Å². The third-order valence-corrected chi connectivity index (χ3v) is 4.25. The molecule has 4 heteroatoms. The van der Waals surface area contributed by atoms with Gasteiger partial charge in [-0.1, -0.05) is 37.1 Å². The summed E-state index contributed by atoms with van der Waals surface area (Å²) in [5.41, 5.74) is 9.34. The van der Waals surface area contributed by atoms with Crippen molar-refractivity contribution < 1.29 is 0 Å². The van der Waals surface area contributed by atoms with Crippen molar-refractivity contribution in [2.45, 2.75) is 33.1 Å². The Balaban J connectivity index is 2.33. The minimum Gasteiger partial charge on any atom is -0.375 e. The standard InChI is InChI=1S/C14H17ClN2S/c1-3-5-12-13(18-14(16)17-12)8-10-9(2)6-4-7-11(10)15/h4,6-7H,3,5,8H2,1-2H3,(H2,16,17). The van der Waals surface area contributed by atoms with Gasteiger partial charge in [0.15, 0.2) is 5.13 Å². The number of nitrogens with two attached hydrogens (primary N) is 1. The first-order chi connectivity index (χ1) is 8.61. The molecule has 0 saturated carbocycles. The molecule has 0 aliphatic carbocycles. The van der Waals surface area contributed by atoms with Crippen LogP contribution in [0.2, 0.25) is 5.02 Å². The van der Waals surface area contributed by atoms with E-state index in [-0.39, 0.29) is 0 Å². The van der Waals surface area contributed by atoms with Crippen molar-refractivity contribution in [3.05, 3.63) is 44.9 Å². The summed E-state index contributed by atoms with van der Waals surface area (Å²) in [5, 5.41) is 1.47. The van der Waals surface area contributed by atoms with Gasteiger partial charge in [-0.3, -0.25) is 0 Å². The van der Waals surface area contributed by atoms with Gasteiger partial charge < -0.3 is 5.73 Å². The van der Waals surface area contributed by atoms with Crippen LogP contribution in [0.4, 0.5) is 5.13 Å². The first-order valence-corrected chi connectivity index (χ1v) is 7.29. The van der Waals surface area contributed by atoms with E-state index in [1.165, 1.54) is 16.0 Å². The fraction of sp³-hybridized carbons (Fsp3) is 0.357. The number of rotatable bonds is 4. The third kappa shape index (κ3) is 2.85. The SMILES string of the molecule is CCCc1nc(N)sc1Cc1c(C)cccc1Cl. The summed E-state index contributed by atoms with van der Waals surface area (Å²) in [7, 11) is 0. The summed E-state index contributed by atoms with van der Waals surface area (Å²) < 4.78 is 0. The van der Waals surface area contributed by atoms with Gasteiger partial charge in [-0.15, -0.1) is 11.3 Å². The van der Waals surface area contributed by atoms with E-state index < -0.39 is 0 Å². The lowest BCUT2D eigenvalue weighted by Crippen LogP contribution is -1.95. The summed E-state index contributed by atoms with van der Waals surface area (Å²) in [6, 6.07) is 6.01. The molecule has 2 N–H and O–H groups in total. The summed E-state index contributed by atoms with van der Waals surface area (Å²) in [6.07, 6.45) is 2.89. The highest BCUT2D eigenvalue weighted by molar-refractivity contribution is 7.15. The lowest BCUT2D eigenvalue weighted by molar-refractivity contribution is 0.879. The van der Waals surface area contributed by atoms with Crippen LogP contribution in [0.3, 0.4) is 0 Å². The fourth-order valence-corrected chi connectivity index (χ4v) is 3.20. The molecule has 1 heterocycles. The second-order valence-electron chi connectivity index (χ2n) is 4.38. The van der Waals surface area contributed by atoms with E-state index in [1.54, 1.807) is 11.3 Å². The highest BCUT2D eigenvalue weighted by atomic mass is 35.5. The van der Waals surface area contributed by atoms with E-state index in [0.717, 1.165) is 30.0 Å². The Labute approximate surface area is 117 Å². The molecule has 0 bridgehead atoms. The number of thiazole rings is 1. The van der Waals surface area contributed by atoms with Crippen LogP contribution in [-0.4, -0.2) is 4.98 Å². The molecule has 0 atom stereocenters. The molecule has 0 radical (unpaired) electrons. The molecule has 0 spiro atoms. The molecule has 2 rings (SSSR count). The molecule has 1 aromatic heterocycles. The number of benzene rings is 1. The average Bonchev–Trinajstić information content (AvgIpc) is 2.65. The lowest BCUT2D eigenvalue weighted by atomic mass is 10.0. The third-order valence-electron chi connectivity index (χ3n) is 2.97. The maximum absolute atomic E-state index is 6.27. The Bertz CT molecular complexity index is 528. The maximum Gasteiger partial charge on any atom is 0.180 e. The lowest BCUT2D eigenvalue weighted by Gasteiger charge is -2.07. The number of halogens is 1. The van der Waals surface area contributed by atoms with Gasteiger partial charge in [0, 0.05) is 16.3 Å². The summed E-state index contributed by atoms with van der Waals surface area (Å²) in [6.45, 7) is 4.24. The summed E-state index contributed by atoms with van der Waals surface area (Å²) in [5.74, 6) is 0. The van der Waals surface area contributed by atoms with Crippen LogP contribution < -0.4 is 5.73 Å². The number of hydrogen-bond donors (Lipinski definition) is 1. The zero-order chi connectivity index (χ0) is 13.1. The molecule has 0 aliphatic rings. The molecular formula is C14H17ClN2S. The van der Waals surface area contributed by atoms with Crippen molar-refractivity contribution in [1.29, 1.82) is 0 Å². The van der Waals surface area contributed by atoms with E-state index in [4.69, 9.17) is 17.3 Å². The van der Waals surface area contributed by atoms with Gasteiger partial charge in [-0.2, -0.15) is 0 Å². The molecule has 96 valence electrons. The summed E-state index contributed by atoms with van der Waals surface area (Å²) in [4.78, 5) is 5.65. The van der Waals surface area contributed by atoms with Gasteiger partial charge in [-0.05, 0) is 30.5 Å². The Morgan fingerprint density at radius 2 is 2.17 bits per heavy atom. The van der Waals surface area contributed by atoms with Crippen molar-refractivity contribution in [1.82, 2.24) is 4.98 Å². The van der Waals surface area contributed by atoms with E-state index in [9.17, 15) is 0 Å². The number of nitrogen functional groups attached to an aromatic ring is 1. The van der Waals surface area contributed by atoms with Crippen molar-refractivity contribution in [3.8, 4) is 0 Å². The predicted octanol–water partition coefficient (Wildman–Crippen LogP) is 4.23. The summed E-state index contributed by atoms with van der Waals surface area (Å²) >= 11 is 7.84. The van der Waals surface area contributed by atoms with Crippen molar-refractivity contribution >= 4 is 28.1 Å². The number of aromatic nitrogens is 1. The Kier molecular flexibility index (Phi) is 4.25. The molecule has 0 fully saturated rings. The zero-order valence-electron chi connectivity index (χ0n) is 10.7. The molecular weight excluding hydrogens is 264 g/mol. The number of hydrogen-bond acceptors (Lipinski definition) is 3. The largest absolute Gasteiger partial charge is 0.375 e. The number of anilines is 1. The quantitative estimate of drug-likeness (QED) is 0.910. The van der Waals surface area contributed by atoms with E-state index in [2.05, 4.69) is 24.9 Å². The molecule has 0 aliphatic heterocycles. The molecule has 0 amide bonds.